The second-order valence-corrected chi connectivity index (χ2v) is 5.63. The van der Waals surface area contributed by atoms with Crippen molar-refractivity contribution in [2.45, 2.75) is 40.0 Å². The number of nitrogens with zero attached hydrogens (tertiary/aromatic N) is 1. The normalized spacial score (nSPS) is 27.5. The SMILES string of the molecule is CNC(=S)N/N=C1\CC(C)CC(C)(C)C1. The summed E-state index contributed by atoms with van der Waals surface area (Å²) in [5.74, 6) is 0.720. The molecule has 1 rings (SSSR count). The highest BCUT2D eigenvalue weighted by molar-refractivity contribution is 7.80. The van der Waals surface area contributed by atoms with Gasteiger partial charge in [0.2, 0.25) is 0 Å². The molecule has 1 atom stereocenters. The zero-order valence-electron chi connectivity index (χ0n) is 10.1. The lowest BCUT2D eigenvalue weighted by Gasteiger charge is -2.34. The highest BCUT2D eigenvalue weighted by Gasteiger charge is 2.29. The first-order valence-electron chi connectivity index (χ1n) is 5.46. The Morgan fingerprint density at radius 1 is 1.53 bits per heavy atom. The molecule has 86 valence electrons. The monoisotopic (exact) mass is 227 g/mol. The first kappa shape index (κ1) is 12.4. The van der Waals surface area contributed by atoms with Crippen LogP contribution in [-0.2, 0) is 0 Å². The maximum atomic E-state index is 4.98. The number of hydrogen-bond donors (Lipinski definition) is 2. The van der Waals surface area contributed by atoms with Gasteiger partial charge in [0.1, 0.15) is 0 Å². The Kier molecular flexibility index (Phi) is 4.08. The molecule has 4 heteroatoms. The summed E-state index contributed by atoms with van der Waals surface area (Å²) in [6.45, 7) is 6.88. The minimum absolute atomic E-state index is 0.374. The summed E-state index contributed by atoms with van der Waals surface area (Å²) in [7, 11) is 1.79. The van der Waals surface area contributed by atoms with E-state index in [0.717, 1.165) is 18.8 Å². The van der Waals surface area contributed by atoms with Crippen LogP contribution < -0.4 is 10.7 Å². The average Bonchev–Trinajstić information content (AvgIpc) is 2.11. The Labute approximate surface area is 97.7 Å². The summed E-state index contributed by atoms with van der Waals surface area (Å²) in [5.41, 5.74) is 4.48. The minimum atomic E-state index is 0.374. The van der Waals surface area contributed by atoms with Crippen molar-refractivity contribution in [2.24, 2.45) is 16.4 Å². The summed E-state index contributed by atoms with van der Waals surface area (Å²) < 4.78 is 0. The molecule has 0 bridgehead atoms. The van der Waals surface area contributed by atoms with Crippen LogP contribution in [0.25, 0.3) is 0 Å². The van der Waals surface area contributed by atoms with Crippen molar-refractivity contribution in [2.75, 3.05) is 7.05 Å². The van der Waals surface area contributed by atoms with Crippen molar-refractivity contribution in [3.63, 3.8) is 0 Å². The average molecular weight is 227 g/mol. The Morgan fingerprint density at radius 3 is 2.73 bits per heavy atom. The van der Waals surface area contributed by atoms with Gasteiger partial charge in [0, 0.05) is 12.8 Å². The molecule has 0 heterocycles. The summed E-state index contributed by atoms with van der Waals surface area (Å²) in [4.78, 5) is 0. The molecule has 0 aromatic heterocycles. The van der Waals surface area contributed by atoms with Gasteiger partial charge >= 0.3 is 0 Å². The number of thiocarbonyl (C=S) groups is 1. The summed E-state index contributed by atoms with van der Waals surface area (Å²) in [6, 6.07) is 0. The third-order valence-corrected chi connectivity index (χ3v) is 3.01. The molecule has 1 aliphatic carbocycles. The molecular weight excluding hydrogens is 206 g/mol. The highest BCUT2D eigenvalue weighted by Crippen LogP contribution is 2.36. The molecule has 1 saturated carbocycles. The Hall–Kier alpha value is -0.640. The quantitative estimate of drug-likeness (QED) is 0.533. The van der Waals surface area contributed by atoms with Gasteiger partial charge in [-0.15, -0.1) is 0 Å². The van der Waals surface area contributed by atoms with E-state index < -0.39 is 0 Å². The smallest absolute Gasteiger partial charge is 0.186 e. The Balaban J connectivity index is 2.58. The van der Waals surface area contributed by atoms with Gasteiger partial charge in [-0.3, -0.25) is 5.43 Å². The zero-order chi connectivity index (χ0) is 11.5. The van der Waals surface area contributed by atoms with E-state index in [0.29, 0.717) is 10.5 Å². The molecule has 0 amide bonds. The lowest BCUT2D eigenvalue weighted by molar-refractivity contribution is 0.265. The first-order chi connectivity index (χ1) is 6.93. The molecule has 0 spiro atoms. The molecule has 0 saturated heterocycles. The molecular formula is C11H21N3S. The molecule has 1 unspecified atom stereocenters. The second-order valence-electron chi connectivity index (χ2n) is 5.22. The number of nitrogens with one attached hydrogen (secondary N) is 2. The fourth-order valence-electron chi connectivity index (χ4n) is 2.39. The third kappa shape index (κ3) is 4.16. The van der Waals surface area contributed by atoms with E-state index in [2.05, 4.69) is 36.6 Å². The standard InChI is InChI=1S/C11H21N3S/c1-8-5-9(7-11(2,3)6-8)13-14-10(15)12-4/h8H,5-7H2,1-4H3,(H2,12,14,15)/b13-9+. The van der Waals surface area contributed by atoms with E-state index in [-0.39, 0.29) is 0 Å². The van der Waals surface area contributed by atoms with Crippen molar-refractivity contribution in [3.05, 3.63) is 0 Å². The second kappa shape index (κ2) is 4.92. The van der Waals surface area contributed by atoms with E-state index in [1.54, 1.807) is 7.05 Å². The molecule has 0 aromatic carbocycles. The van der Waals surface area contributed by atoms with Crippen molar-refractivity contribution in [1.82, 2.24) is 10.7 Å². The molecule has 1 fully saturated rings. The Morgan fingerprint density at radius 2 is 2.20 bits per heavy atom. The lowest BCUT2D eigenvalue weighted by Crippen LogP contribution is -2.33. The van der Waals surface area contributed by atoms with E-state index in [9.17, 15) is 0 Å². The van der Waals surface area contributed by atoms with E-state index in [1.807, 2.05) is 0 Å². The van der Waals surface area contributed by atoms with E-state index in [4.69, 9.17) is 12.2 Å². The predicted molar refractivity (Wildman–Crippen MR) is 69.0 cm³/mol. The van der Waals surface area contributed by atoms with E-state index in [1.165, 1.54) is 12.1 Å². The largest absolute Gasteiger partial charge is 0.364 e. The Bertz CT molecular complexity index is 271. The summed E-state index contributed by atoms with van der Waals surface area (Å²) in [6.07, 6.45) is 3.43. The van der Waals surface area contributed by atoms with Crippen molar-refractivity contribution in [1.29, 1.82) is 0 Å². The molecule has 0 aromatic rings. The van der Waals surface area contributed by atoms with Crippen molar-refractivity contribution < 1.29 is 0 Å². The highest BCUT2D eigenvalue weighted by atomic mass is 32.1. The van der Waals surface area contributed by atoms with Crippen LogP contribution in [0.1, 0.15) is 40.0 Å². The number of hydrogen-bond acceptors (Lipinski definition) is 2. The first-order valence-corrected chi connectivity index (χ1v) is 5.87. The van der Waals surface area contributed by atoms with Crippen LogP contribution in [-0.4, -0.2) is 17.9 Å². The van der Waals surface area contributed by atoms with Crippen LogP contribution in [0.5, 0.6) is 0 Å². The van der Waals surface area contributed by atoms with Crippen LogP contribution in [0.15, 0.2) is 5.10 Å². The van der Waals surface area contributed by atoms with Crippen LogP contribution in [0.2, 0.25) is 0 Å². The zero-order valence-corrected chi connectivity index (χ0v) is 10.9. The summed E-state index contributed by atoms with van der Waals surface area (Å²) in [5, 5.41) is 7.79. The molecule has 1 aliphatic rings. The van der Waals surface area contributed by atoms with Crippen LogP contribution in [0, 0.1) is 11.3 Å². The van der Waals surface area contributed by atoms with Crippen LogP contribution in [0.4, 0.5) is 0 Å². The fourth-order valence-corrected chi connectivity index (χ4v) is 2.43. The maximum absolute atomic E-state index is 4.98. The van der Waals surface area contributed by atoms with Crippen molar-refractivity contribution in [3.8, 4) is 0 Å². The van der Waals surface area contributed by atoms with Gasteiger partial charge in [-0.2, -0.15) is 5.10 Å². The molecule has 0 radical (unpaired) electrons. The van der Waals surface area contributed by atoms with Gasteiger partial charge in [0.05, 0.1) is 0 Å². The molecule has 15 heavy (non-hydrogen) atoms. The molecule has 0 aliphatic heterocycles. The molecule has 2 N–H and O–H groups in total. The van der Waals surface area contributed by atoms with E-state index >= 15 is 0 Å². The predicted octanol–water partition coefficient (Wildman–Crippen LogP) is 2.28. The summed E-state index contributed by atoms with van der Waals surface area (Å²) >= 11 is 4.98. The van der Waals surface area contributed by atoms with Gasteiger partial charge in [-0.25, -0.2) is 0 Å². The maximum Gasteiger partial charge on any atom is 0.186 e. The van der Waals surface area contributed by atoms with Gasteiger partial charge < -0.3 is 5.32 Å². The van der Waals surface area contributed by atoms with Gasteiger partial charge in [0.25, 0.3) is 0 Å². The van der Waals surface area contributed by atoms with Gasteiger partial charge in [-0.1, -0.05) is 20.8 Å². The van der Waals surface area contributed by atoms with Gasteiger partial charge in [-0.05, 0) is 42.8 Å². The van der Waals surface area contributed by atoms with Crippen LogP contribution >= 0.6 is 12.2 Å². The number of rotatable bonds is 1. The fraction of sp³-hybridized carbons (Fsp3) is 0.818. The van der Waals surface area contributed by atoms with Crippen molar-refractivity contribution >= 4 is 23.0 Å². The lowest BCUT2D eigenvalue weighted by atomic mass is 9.72. The minimum Gasteiger partial charge on any atom is -0.364 e. The molecule has 3 nitrogen and oxygen atoms in total. The van der Waals surface area contributed by atoms with Gasteiger partial charge in [0.15, 0.2) is 5.11 Å². The number of hydrazone groups is 1. The third-order valence-electron chi connectivity index (χ3n) is 2.71. The topological polar surface area (TPSA) is 36.4 Å². The van der Waals surface area contributed by atoms with Crippen LogP contribution in [0.3, 0.4) is 0 Å².